The fourth-order valence-electron chi connectivity index (χ4n) is 1.84. The summed E-state index contributed by atoms with van der Waals surface area (Å²) in [5.41, 5.74) is 1.36. The molecule has 1 heterocycles. The first kappa shape index (κ1) is 15.4. The van der Waals surface area contributed by atoms with Gasteiger partial charge in [-0.25, -0.2) is 4.79 Å². The summed E-state index contributed by atoms with van der Waals surface area (Å²) >= 11 is 5.91. The van der Waals surface area contributed by atoms with Gasteiger partial charge in [0.25, 0.3) is 0 Å². The van der Waals surface area contributed by atoms with Gasteiger partial charge in [0, 0.05) is 10.4 Å². The number of methoxy groups -OCH3 is 1. The minimum atomic E-state index is -0.441. The van der Waals surface area contributed by atoms with Crippen LogP contribution < -0.4 is 4.74 Å². The average molecular weight is 319 g/mol. The van der Waals surface area contributed by atoms with Gasteiger partial charge in [-0.2, -0.15) is 4.99 Å². The van der Waals surface area contributed by atoms with E-state index in [1.165, 1.54) is 18.4 Å². The molecule has 2 aromatic rings. The fraction of sp³-hybridized carbons (Fsp3) is 0.200. The third-order valence-electron chi connectivity index (χ3n) is 2.70. The summed E-state index contributed by atoms with van der Waals surface area (Å²) < 4.78 is 10.4. The Bertz CT molecular complexity index is 703. The van der Waals surface area contributed by atoms with E-state index in [9.17, 15) is 4.79 Å². The molecule has 2 rings (SSSR count). The molecular formula is C15H13NO3S2. The van der Waals surface area contributed by atoms with E-state index in [4.69, 9.17) is 9.47 Å². The Balaban J connectivity index is 2.55. The van der Waals surface area contributed by atoms with Crippen molar-refractivity contribution in [2.75, 3.05) is 13.7 Å². The highest BCUT2D eigenvalue weighted by Crippen LogP contribution is 2.40. The number of carbonyl (C=O) groups excluding carboxylic acids is 1. The van der Waals surface area contributed by atoms with E-state index in [1.54, 1.807) is 6.07 Å². The first-order valence-corrected chi connectivity index (χ1v) is 7.46. The average Bonchev–Trinajstić information content (AvgIpc) is 2.91. The Kier molecular flexibility index (Phi) is 5.22. The van der Waals surface area contributed by atoms with E-state index in [0.717, 1.165) is 16.2 Å². The molecule has 0 aliphatic heterocycles. The smallest absolute Gasteiger partial charge is 0.350 e. The summed E-state index contributed by atoms with van der Waals surface area (Å²) in [4.78, 5) is 17.0. The number of aliphatic imine (C=N–C) groups is 1. The quantitative estimate of drug-likeness (QED) is 0.467. The summed E-state index contributed by atoms with van der Waals surface area (Å²) in [5, 5.41) is 2.28. The maximum Gasteiger partial charge on any atom is 0.350 e. The van der Waals surface area contributed by atoms with Crippen LogP contribution in [-0.2, 0) is 4.74 Å². The van der Waals surface area contributed by atoms with Gasteiger partial charge in [0.1, 0.15) is 10.6 Å². The fourth-order valence-corrected chi connectivity index (χ4v) is 2.98. The molecule has 0 aliphatic rings. The number of esters is 1. The second kappa shape index (κ2) is 7.13. The van der Waals surface area contributed by atoms with Crippen molar-refractivity contribution in [3.05, 3.63) is 35.2 Å². The summed E-state index contributed by atoms with van der Waals surface area (Å²) in [6.45, 7) is 2.49. The minimum Gasteiger partial charge on any atom is -0.493 e. The molecule has 1 aromatic heterocycles. The SMILES string of the molecule is CCOc1ccccc1-c1cc(N=C=S)c(C(=O)OC)s1. The topological polar surface area (TPSA) is 47.9 Å². The predicted molar refractivity (Wildman–Crippen MR) is 86.9 cm³/mol. The third kappa shape index (κ3) is 3.36. The summed E-state index contributed by atoms with van der Waals surface area (Å²) in [6.07, 6.45) is 0. The zero-order valence-electron chi connectivity index (χ0n) is 11.6. The van der Waals surface area contributed by atoms with Gasteiger partial charge < -0.3 is 9.47 Å². The number of rotatable bonds is 5. The van der Waals surface area contributed by atoms with Crippen LogP contribution in [0.2, 0.25) is 0 Å². The van der Waals surface area contributed by atoms with Gasteiger partial charge in [0.15, 0.2) is 0 Å². The first-order chi connectivity index (χ1) is 10.2. The number of isothiocyanates is 1. The third-order valence-corrected chi connectivity index (χ3v) is 3.93. The van der Waals surface area contributed by atoms with Gasteiger partial charge >= 0.3 is 5.97 Å². The van der Waals surface area contributed by atoms with Gasteiger partial charge in [-0.3, -0.25) is 0 Å². The van der Waals surface area contributed by atoms with E-state index in [1.807, 2.05) is 31.2 Å². The maximum atomic E-state index is 11.8. The van der Waals surface area contributed by atoms with E-state index >= 15 is 0 Å². The Labute approximate surface area is 132 Å². The highest BCUT2D eigenvalue weighted by molar-refractivity contribution is 7.78. The number of carbonyl (C=O) groups is 1. The van der Waals surface area contributed by atoms with E-state index < -0.39 is 5.97 Å². The molecular weight excluding hydrogens is 306 g/mol. The van der Waals surface area contributed by atoms with Crippen molar-refractivity contribution in [3.8, 4) is 16.2 Å². The summed E-state index contributed by atoms with van der Waals surface area (Å²) in [7, 11) is 1.33. The standard InChI is InChI=1S/C15H13NO3S2/c1-3-19-12-7-5-4-6-10(12)13-8-11(16-9-20)14(21-13)15(17)18-2/h4-8H,3H2,1-2H3. The van der Waals surface area contributed by atoms with E-state index in [2.05, 4.69) is 22.4 Å². The molecule has 0 N–H and O–H groups in total. The zero-order valence-corrected chi connectivity index (χ0v) is 13.2. The zero-order chi connectivity index (χ0) is 15.2. The van der Waals surface area contributed by atoms with Gasteiger partial charge in [-0.15, -0.1) is 11.3 Å². The van der Waals surface area contributed by atoms with Crippen LogP contribution in [0.1, 0.15) is 16.6 Å². The van der Waals surface area contributed by atoms with Crippen molar-refractivity contribution in [1.29, 1.82) is 0 Å². The van der Waals surface area contributed by atoms with Crippen LogP contribution >= 0.6 is 23.6 Å². The molecule has 0 atom stereocenters. The minimum absolute atomic E-state index is 0.399. The highest BCUT2D eigenvalue weighted by Gasteiger charge is 2.19. The lowest BCUT2D eigenvalue weighted by molar-refractivity contribution is 0.0607. The molecule has 0 fully saturated rings. The van der Waals surface area contributed by atoms with Gasteiger partial charge in [0.2, 0.25) is 0 Å². The predicted octanol–water partition coefficient (Wildman–Crippen LogP) is 4.33. The van der Waals surface area contributed by atoms with Crippen molar-refractivity contribution in [1.82, 2.24) is 0 Å². The summed E-state index contributed by atoms with van der Waals surface area (Å²) in [5.74, 6) is 0.319. The van der Waals surface area contributed by atoms with Crippen LogP contribution in [-0.4, -0.2) is 24.8 Å². The molecule has 21 heavy (non-hydrogen) atoms. The maximum absolute atomic E-state index is 11.8. The number of nitrogens with zero attached hydrogens (tertiary/aromatic N) is 1. The van der Waals surface area contributed by atoms with Crippen LogP contribution in [0.5, 0.6) is 5.75 Å². The van der Waals surface area contributed by atoms with E-state index in [0.29, 0.717) is 17.2 Å². The van der Waals surface area contributed by atoms with Gasteiger partial charge in [0.05, 0.1) is 24.6 Å². The number of para-hydroxylation sites is 1. The lowest BCUT2D eigenvalue weighted by Crippen LogP contribution is -1.97. The second-order valence-corrected chi connectivity index (χ2v) is 5.18. The van der Waals surface area contributed by atoms with Crippen molar-refractivity contribution in [2.24, 2.45) is 4.99 Å². The molecule has 0 saturated carbocycles. The van der Waals surface area contributed by atoms with Crippen molar-refractivity contribution in [2.45, 2.75) is 6.92 Å². The molecule has 108 valence electrons. The molecule has 0 amide bonds. The molecule has 4 nitrogen and oxygen atoms in total. The van der Waals surface area contributed by atoms with E-state index in [-0.39, 0.29) is 0 Å². The second-order valence-electron chi connectivity index (χ2n) is 3.95. The Morgan fingerprint density at radius 1 is 1.43 bits per heavy atom. The van der Waals surface area contributed by atoms with Crippen molar-refractivity contribution in [3.63, 3.8) is 0 Å². The largest absolute Gasteiger partial charge is 0.493 e. The molecule has 0 spiro atoms. The van der Waals surface area contributed by atoms with Crippen molar-refractivity contribution < 1.29 is 14.3 Å². The molecule has 0 aliphatic carbocycles. The Morgan fingerprint density at radius 3 is 2.86 bits per heavy atom. The number of ether oxygens (including phenoxy) is 2. The van der Waals surface area contributed by atoms with Crippen LogP contribution in [0, 0.1) is 0 Å². The Hall–Kier alpha value is -2.01. The van der Waals surface area contributed by atoms with Gasteiger partial charge in [-0.1, -0.05) is 12.1 Å². The highest BCUT2D eigenvalue weighted by atomic mass is 32.1. The molecule has 0 bridgehead atoms. The number of benzene rings is 1. The molecule has 0 radical (unpaired) electrons. The first-order valence-electron chi connectivity index (χ1n) is 6.23. The molecule has 0 unspecified atom stereocenters. The molecule has 1 aromatic carbocycles. The number of thiocarbonyl (C=S) groups is 1. The van der Waals surface area contributed by atoms with Crippen LogP contribution in [0.25, 0.3) is 10.4 Å². The lowest BCUT2D eigenvalue weighted by Gasteiger charge is -2.07. The molecule has 6 heteroatoms. The van der Waals surface area contributed by atoms with Gasteiger partial charge in [-0.05, 0) is 37.3 Å². The number of hydrogen-bond acceptors (Lipinski definition) is 6. The van der Waals surface area contributed by atoms with Crippen LogP contribution in [0.4, 0.5) is 5.69 Å². The number of hydrogen-bond donors (Lipinski definition) is 0. The normalized spacial score (nSPS) is 9.81. The Morgan fingerprint density at radius 2 is 2.19 bits per heavy atom. The molecule has 0 saturated heterocycles. The number of thiophene rings is 1. The monoisotopic (exact) mass is 319 g/mol. The van der Waals surface area contributed by atoms with Crippen LogP contribution in [0.15, 0.2) is 35.3 Å². The van der Waals surface area contributed by atoms with Crippen LogP contribution in [0.3, 0.4) is 0 Å². The van der Waals surface area contributed by atoms with Crippen molar-refractivity contribution >= 4 is 40.4 Å². The summed E-state index contributed by atoms with van der Waals surface area (Å²) in [6, 6.07) is 9.42. The lowest BCUT2D eigenvalue weighted by atomic mass is 10.1.